The van der Waals surface area contributed by atoms with Crippen LogP contribution in [0.1, 0.15) is 12.8 Å². The van der Waals surface area contributed by atoms with Crippen molar-refractivity contribution in [1.29, 1.82) is 0 Å². The summed E-state index contributed by atoms with van der Waals surface area (Å²) in [4.78, 5) is 41.1. The van der Waals surface area contributed by atoms with Crippen LogP contribution in [0.3, 0.4) is 0 Å². The zero-order chi connectivity index (χ0) is 32.9. The molecule has 0 aliphatic carbocycles. The average molecular weight is 789 g/mol. The van der Waals surface area contributed by atoms with Crippen molar-refractivity contribution in [2.45, 2.75) is 12.8 Å². The van der Waals surface area contributed by atoms with Crippen molar-refractivity contribution in [3.8, 4) is 0 Å². The molecule has 45 heavy (non-hydrogen) atoms. The lowest BCUT2D eigenvalue weighted by atomic mass is 10.5. The van der Waals surface area contributed by atoms with E-state index >= 15 is 0 Å². The maximum Gasteiger partial charge on any atom is 0.407 e. The van der Waals surface area contributed by atoms with Crippen LogP contribution in [-0.4, -0.2) is 152 Å². The molecule has 0 heterocycles. The van der Waals surface area contributed by atoms with Crippen molar-refractivity contribution >= 4 is 117 Å². The molecular weight excluding hydrogens is 741 g/mol. The lowest BCUT2D eigenvalue weighted by Crippen LogP contribution is -2.27. The van der Waals surface area contributed by atoms with E-state index in [0.717, 1.165) is 55.5 Å². The summed E-state index contributed by atoms with van der Waals surface area (Å²) in [6.07, 6.45) is 1.80. The molecule has 0 saturated heterocycles. The van der Waals surface area contributed by atoms with Gasteiger partial charge < -0.3 is 35.0 Å². The van der Waals surface area contributed by atoms with Crippen molar-refractivity contribution in [2.24, 2.45) is 9.98 Å². The Bertz CT molecular complexity index is 739. The molecule has 0 fully saturated rings. The minimum absolute atomic E-state index is 0.00782. The number of aliphatic imine (C=N–C) groups is 2. The van der Waals surface area contributed by atoms with E-state index in [9.17, 15) is 14.1 Å². The fourth-order valence-corrected chi connectivity index (χ4v) is 10.3. The number of aliphatic hydroxyl groups excluding tert-OH is 2. The van der Waals surface area contributed by atoms with Crippen LogP contribution in [0, 0.1) is 0 Å². The van der Waals surface area contributed by atoms with Crippen LogP contribution >= 0.6 is 82.3 Å². The number of carbonyl (C=O) groups excluding carboxylic acids is 2. The number of nitrogens with zero attached hydrogens (tertiary/aromatic N) is 2. The molecule has 0 radical (unpaired) electrons. The largest absolute Gasteiger partial charge is 0.611 e. The highest BCUT2D eigenvalue weighted by atomic mass is 32.2. The number of carbonyl (C=O) groups is 2. The third-order valence-electron chi connectivity index (χ3n) is 4.45. The smallest absolute Gasteiger partial charge is 0.407 e. The SMILES string of the molecule is O=C(NCCSCSCC/N=C\[S+]([O-])CCSCSCCSC(=O)NCCSCSCC/N=C/OOCCCO)OCCCO. The molecule has 20 heteroatoms. The zero-order valence-electron chi connectivity index (χ0n) is 25.5. The molecule has 0 aromatic rings. The predicted molar refractivity (Wildman–Crippen MR) is 205 cm³/mol. The van der Waals surface area contributed by atoms with Gasteiger partial charge in [0.25, 0.3) is 5.24 Å². The topological polar surface area (TPSA) is 174 Å². The molecule has 0 rings (SSSR count). The van der Waals surface area contributed by atoms with Gasteiger partial charge in [0.05, 0.1) is 26.3 Å². The first-order valence-electron chi connectivity index (χ1n) is 14.2. The van der Waals surface area contributed by atoms with Crippen LogP contribution in [-0.2, 0) is 25.7 Å². The van der Waals surface area contributed by atoms with Crippen molar-refractivity contribution in [3.63, 3.8) is 0 Å². The van der Waals surface area contributed by atoms with E-state index in [0.29, 0.717) is 51.4 Å². The lowest BCUT2D eigenvalue weighted by Gasteiger charge is -2.06. The van der Waals surface area contributed by atoms with E-state index in [4.69, 9.17) is 24.7 Å². The van der Waals surface area contributed by atoms with E-state index in [1.807, 2.05) is 0 Å². The van der Waals surface area contributed by atoms with Crippen LogP contribution in [0.25, 0.3) is 0 Å². The van der Waals surface area contributed by atoms with E-state index in [1.165, 1.54) is 18.2 Å². The van der Waals surface area contributed by atoms with Gasteiger partial charge in [-0.1, -0.05) is 11.8 Å². The van der Waals surface area contributed by atoms with Gasteiger partial charge in [0.1, 0.15) is 5.75 Å². The molecule has 0 bridgehead atoms. The van der Waals surface area contributed by atoms with E-state index in [2.05, 4.69) is 20.6 Å². The average Bonchev–Trinajstić information content (AvgIpc) is 3.03. The quantitative estimate of drug-likeness (QED) is 0.0143. The van der Waals surface area contributed by atoms with Crippen molar-refractivity contribution in [2.75, 3.05) is 114 Å². The van der Waals surface area contributed by atoms with E-state index in [-0.39, 0.29) is 25.1 Å². The maximum atomic E-state index is 12.0. The Hall–Kier alpha value is 0.520. The summed E-state index contributed by atoms with van der Waals surface area (Å²) in [6, 6.07) is 0. The Morgan fingerprint density at radius 3 is 2.07 bits per heavy atom. The van der Waals surface area contributed by atoms with Crippen molar-refractivity contribution in [3.05, 3.63) is 0 Å². The molecule has 1 atom stereocenters. The molecule has 2 amide bonds. The maximum absolute atomic E-state index is 12.0. The van der Waals surface area contributed by atoms with Gasteiger partial charge in [-0.3, -0.25) is 9.79 Å². The standard InChI is InChI=1S/C25H48N4O8S8/c30-7-1-9-35-24(32)28-5-13-40-22-39-12-4-27-20-45(34)18-17-43-23-42-15-16-44-25(33)29-6-14-41-21-38-11-3-26-19-37-36-10-2-8-31/h19-20,30-31H,1-18,21-23H2,(H,28,32)(H,29,33)/b26-19+,27-20-. The van der Waals surface area contributed by atoms with Crippen LogP contribution in [0.4, 0.5) is 9.59 Å². The number of nitrogens with one attached hydrogen (secondary N) is 2. The Kier molecular flexibility index (Phi) is 39.4. The highest BCUT2D eigenvalue weighted by molar-refractivity contribution is 8.18. The monoisotopic (exact) mass is 788 g/mol. The second kappa shape index (κ2) is 39.0. The molecule has 0 aromatic carbocycles. The summed E-state index contributed by atoms with van der Waals surface area (Å²) in [5.74, 6) is 6.46. The van der Waals surface area contributed by atoms with Crippen LogP contribution in [0.5, 0.6) is 0 Å². The molecule has 264 valence electrons. The molecule has 0 aliphatic rings. The van der Waals surface area contributed by atoms with Gasteiger partial charge in [-0.15, -0.1) is 58.8 Å². The number of alkyl carbamates (subject to hydrolysis) is 1. The zero-order valence-corrected chi connectivity index (χ0v) is 32.0. The number of hydrogen-bond acceptors (Lipinski definition) is 17. The predicted octanol–water partition coefficient (Wildman–Crippen LogP) is 3.95. The molecule has 0 aromatic heterocycles. The summed E-state index contributed by atoms with van der Waals surface area (Å²) >= 11 is 10.8. The van der Waals surface area contributed by atoms with E-state index < -0.39 is 17.3 Å². The minimum atomic E-state index is -1.05. The minimum Gasteiger partial charge on any atom is -0.611 e. The third-order valence-corrected chi connectivity index (χ3v) is 13.7. The van der Waals surface area contributed by atoms with Gasteiger partial charge in [0.15, 0.2) is 0 Å². The molecular formula is C25H48N4O8S8. The first-order chi connectivity index (χ1) is 22.1. The Morgan fingerprint density at radius 2 is 1.36 bits per heavy atom. The number of rotatable bonds is 33. The van der Waals surface area contributed by atoms with Crippen LogP contribution in [0.2, 0.25) is 0 Å². The summed E-state index contributed by atoms with van der Waals surface area (Å²) in [6.45, 7) is 3.11. The number of ether oxygens (including phenoxy) is 1. The van der Waals surface area contributed by atoms with Gasteiger partial charge in [-0.2, -0.15) is 16.6 Å². The van der Waals surface area contributed by atoms with Crippen LogP contribution in [0.15, 0.2) is 9.98 Å². The number of hydrogen-bond donors (Lipinski definition) is 4. The number of aliphatic hydroxyl groups is 2. The van der Waals surface area contributed by atoms with Gasteiger partial charge in [-0.05, 0) is 17.6 Å². The van der Waals surface area contributed by atoms with Gasteiger partial charge in [-0.25, -0.2) is 9.79 Å². The molecule has 0 aliphatic heterocycles. The second-order valence-corrected chi connectivity index (χ2v) is 18.3. The number of amides is 2. The highest BCUT2D eigenvalue weighted by Gasteiger charge is 2.04. The number of thioether (sulfide) groups is 7. The highest BCUT2D eigenvalue weighted by Crippen LogP contribution is 2.15. The second-order valence-electron chi connectivity index (χ2n) is 8.11. The normalized spacial score (nSPS) is 12.2. The first-order valence-corrected chi connectivity index (χ1v) is 23.5. The fourth-order valence-electron chi connectivity index (χ4n) is 2.35. The first kappa shape index (κ1) is 45.5. The molecule has 4 N–H and O–H groups in total. The molecule has 0 spiro atoms. The summed E-state index contributed by atoms with van der Waals surface area (Å²) in [5.41, 5.74) is 1.55. The van der Waals surface area contributed by atoms with Gasteiger partial charge in [0, 0.05) is 88.2 Å². The Morgan fingerprint density at radius 1 is 0.756 bits per heavy atom. The Balaban J connectivity index is 3.36. The Labute approximate surface area is 301 Å². The summed E-state index contributed by atoms with van der Waals surface area (Å²) in [5, 5.41) is 25.6. The summed E-state index contributed by atoms with van der Waals surface area (Å²) < 4.78 is 16.9. The van der Waals surface area contributed by atoms with Crippen molar-refractivity contribution < 1.29 is 38.9 Å². The van der Waals surface area contributed by atoms with Crippen LogP contribution < -0.4 is 10.6 Å². The third kappa shape index (κ3) is 38.8. The molecule has 1 unspecified atom stereocenters. The fraction of sp³-hybridized carbons (Fsp3) is 0.840. The lowest BCUT2D eigenvalue weighted by molar-refractivity contribution is -0.218. The molecule has 12 nitrogen and oxygen atoms in total. The van der Waals surface area contributed by atoms with Gasteiger partial charge >= 0.3 is 6.09 Å². The van der Waals surface area contributed by atoms with E-state index in [1.54, 1.807) is 76.1 Å². The summed E-state index contributed by atoms with van der Waals surface area (Å²) in [7, 11) is 0. The molecule has 0 saturated carbocycles. The van der Waals surface area contributed by atoms with Gasteiger partial charge in [0.2, 0.25) is 11.9 Å². The van der Waals surface area contributed by atoms with Crippen molar-refractivity contribution in [1.82, 2.24) is 10.6 Å².